The van der Waals surface area contributed by atoms with E-state index in [0.717, 1.165) is 26.0 Å². The molecular weight excluding hydrogens is 343 g/mol. The Labute approximate surface area is 117 Å². The van der Waals surface area contributed by atoms with E-state index in [0.29, 0.717) is 5.89 Å². The minimum atomic E-state index is 0.602. The van der Waals surface area contributed by atoms with Crippen molar-refractivity contribution < 1.29 is 9.15 Å². The molecule has 3 rings (SSSR count). The number of aromatic nitrogens is 2. The van der Waals surface area contributed by atoms with Gasteiger partial charge in [0.15, 0.2) is 5.58 Å². The van der Waals surface area contributed by atoms with Crippen molar-refractivity contribution in [3.63, 3.8) is 0 Å². The first-order chi connectivity index (χ1) is 8.78. The Hall–Kier alpha value is -1.63. The van der Waals surface area contributed by atoms with Crippen molar-refractivity contribution in [1.29, 1.82) is 0 Å². The van der Waals surface area contributed by atoms with Crippen LogP contribution in [0.5, 0.6) is 5.75 Å². The number of methoxy groups -OCH3 is 1. The lowest BCUT2D eigenvalue weighted by Gasteiger charge is -1.97. The molecule has 0 spiro atoms. The number of pyridine rings is 1. The second-order valence-corrected chi connectivity index (χ2v) is 4.87. The van der Waals surface area contributed by atoms with E-state index in [4.69, 9.17) is 9.15 Å². The van der Waals surface area contributed by atoms with Crippen molar-refractivity contribution in [3.05, 3.63) is 40.2 Å². The van der Waals surface area contributed by atoms with Gasteiger partial charge in [0.2, 0.25) is 5.89 Å². The van der Waals surface area contributed by atoms with E-state index >= 15 is 0 Å². The Morgan fingerprint density at radius 1 is 1.28 bits per heavy atom. The summed E-state index contributed by atoms with van der Waals surface area (Å²) >= 11 is 2.22. The molecule has 1 aromatic carbocycles. The molecule has 0 radical (unpaired) electrons. The van der Waals surface area contributed by atoms with Gasteiger partial charge in [-0.05, 0) is 40.8 Å². The van der Waals surface area contributed by atoms with Crippen LogP contribution in [0.3, 0.4) is 0 Å². The van der Waals surface area contributed by atoms with E-state index in [1.807, 2.05) is 24.3 Å². The number of nitrogens with zero attached hydrogens (tertiary/aromatic N) is 2. The quantitative estimate of drug-likeness (QED) is 0.663. The van der Waals surface area contributed by atoms with E-state index in [1.54, 1.807) is 19.5 Å². The number of benzene rings is 1. The third-order valence-corrected chi connectivity index (χ3v) is 3.46. The van der Waals surface area contributed by atoms with Crippen molar-refractivity contribution in [1.82, 2.24) is 9.97 Å². The largest absolute Gasteiger partial charge is 0.497 e. The van der Waals surface area contributed by atoms with Crippen molar-refractivity contribution in [3.8, 4) is 17.2 Å². The molecule has 0 aliphatic rings. The average Bonchev–Trinajstić information content (AvgIpc) is 2.81. The van der Waals surface area contributed by atoms with E-state index in [1.165, 1.54) is 0 Å². The molecule has 90 valence electrons. The van der Waals surface area contributed by atoms with Crippen molar-refractivity contribution in [2.24, 2.45) is 0 Å². The molecule has 0 saturated carbocycles. The standard InChI is InChI=1S/C13H9IN2O2/c1-17-8-2-3-11-12(6-8)18-13(16-11)9-4-5-15-7-10(9)14/h2-7H,1H3. The third kappa shape index (κ3) is 1.94. The summed E-state index contributed by atoms with van der Waals surface area (Å²) in [5.41, 5.74) is 2.48. The van der Waals surface area contributed by atoms with Crippen LogP contribution in [-0.2, 0) is 0 Å². The minimum absolute atomic E-state index is 0.602. The molecule has 2 heterocycles. The first kappa shape index (κ1) is 11.5. The molecule has 2 aromatic heterocycles. The zero-order valence-electron chi connectivity index (χ0n) is 9.55. The van der Waals surface area contributed by atoms with Crippen molar-refractivity contribution >= 4 is 33.7 Å². The Kier molecular flexibility index (Phi) is 2.91. The molecule has 5 heteroatoms. The molecule has 3 aromatic rings. The van der Waals surface area contributed by atoms with Crippen LogP contribution < -0.4 is 4.74 Å². The van der Waals surface area contributed by atoms with Crippen LogP contribution >= 0.6 is 22.6 Å². The number of oxazole rings is 1. The minimum Gasteiger partial charge on any atom is -0.497 e. The fraction of sp³-hybridized carbons (Fsp3) is 0.0769. The van der Waals surface area contributed by atoms with Gasteiger partial charge < -0.3 is 9.15 Å². The monoisotopic (exact) mass is 352 g/mol. The lowest BCUT2D eigenvalue weighted by Crippen LogP contribution is -1.83. The second-order valence-electron chi connectivity index (χ2n) is 3.71. The average molecular weight is 352 g/mol. The van der Waals surface area contributed by atoms with Gasteiger partial charge >= 0.3 is 0 Å². The SMILES string of the molecule is COc1ccc2nc(-c3ccncc3I)oc2c1. The van der Waals surface area contributed by atoms with E-state index in [-0.39, 0.29) is 0 Å². The van der Waals surface area contributed by atoms with Gasteiger partial charge in [0, 0.05) is 22.0 Å². The van der Waals surface area contributed by atoms with Crippen LogP contribution in [0.25, 0.3) is 22.6 Å². The molecule has 0 amide bonds. The third-order valence-electron chi connectivity index (χ3n) is 2.60. The molecule has 4 nitrogen and oxygen atoms in total. The van der Waals surface area contributed by atoms with E-state index < -0.39 is 0 Å². The molecule has 0 atom stereocenters. The molecule has 0 fully saturated rings. The highest BCUT2D eigenvalue weighted by atomic mass is 127. The number of fused-ring (bicyclic) bond motifs is 1. The number of rotatable bonds is 2. The highest BCUT2D eigenvalue weighted by Gasteiger charge is 2.11. The molecule has 0 N–H and O–H groups in total. The molecule has 18 heavy (non-hydrogen) atoms. The summed E-state index contributed by atoms with van der Waals surface area (Å²) in [5, 5.41) is 0. The molecular formula is C13H9IN2O2. The maximum absolute atomic E-state index is 5.75. The summed E-state index contributed by atoms with van der Waals surface area (Å²) in [6.07, 6.45) is 3.51. The number of ether oxygens (including phenoxy) is 1. The van der Waals surface area contributed by atoms with Crippen molar-refractivity contribution in [2.45, 2.75) is 0 Å². The molecule has 0 aliphatic carbocycles. The molecule has 0 aliphatic heterocycles. The Balaban J connectivity index is 2.17. The maximum atomic E-state index is 5.75. The highest BCUT2D eigenvalue weighted by molar-refractivity contribution is 14.1. The number of hydrogen-bond donors (Lipinski definition) is 0. The summed E-state index contributed by atoms with van der Waals surface area (Å²) in [5.74, 6) is 1.36. The summed E-state index contributed by atoms with van der Waals surface area (Å²) in [6, 6.07) is 7.48. The lowest BCUT2D eigenvalue weighted by atomic mass is 10.3. The summed E-state index contributed by atoms with van der Waals surface area (Å²) in [7, 11) is 1.63. The van der Waals surface area contributed by atoms with Crippen LogP contribution in [0.15, 0.2) is 41.1 Å². The summed E-state index contributed by atoms with van der Waals surface area (Å²) in [4.78, 5) is 8.52. The van der Waals surface area contributed by atoms with E-state index in [2.05, 4.69) is 32.6 Å². The maximum Gasteiger partial charge on any atom is 0.228 e. The lowest BCUT2D eigenvalue weighted by molar-refractivity contribution is 0.414. The summed E-state index contributed by atoms with van der Waals surface area (Å²) in [6.45, 7) is 0. The van der Waals surface area contributed by atoms with Gasteiger partial charge in [-0.3, -0.25) is 4.98 Å². The zero-order chi connectivity index (χ0) is 12.5. The van der Waals surface area contributed by atoms with Crippen LogP contribution in [-0.4, -0.2) is 17.1 Å². The Bertz CT molecular complexity index is 709. The fourth-order valence-electron chi connectivity index (χ4n) is 1.70. The van der Waals surface area contributed by atoms with Crippen LogP contribution in [0, 0.1) is 3.57 Å². The predicted molar refractivity (Wildman–Crippen MR) is 76.5 cm³/mol. The van der Waals surface area contributed by atoms with Crippen LogP contribution in [0.1, 0.15) is 0 Å². The van der Waals surface area contributed by atoms with Gasteiger partial charge in [0.25, 0.3) is 0 Å². The van der Waals surface area contributed by atoms with Gasteiger partial charge in [-0.2, -0.15) is 0 Å². The second kappa shape index (κ2) is 4.56. The van der Waals surface area contributed by atoms with Gasteiger partial charge in [-0.1, -0.05) is 0 Å². The topological polar surface area (TPSA) is 48.2 Å². The fourth-order valence-corrected chi connectivity index (χ4v) is 2.27. The zero-order valence-corrected chi connectivity index (χ0v) is 11.7. The number of halogens is 1. The van der Waals surface area contributed by atoms with E-state index in [9.17, 15) is 0 Å². The highest BCUT2D eigenvalue weighted by Crippen LogP contribution is 2.29. The summed E-state index contributed by atoms with van der Waals surface area (Å²) < 4.78 is 11.9. The van der Waals surface area contributed by atoms with Crippen LogP contribution in [0.2, 0.25) is 0 Å². The smallest absolute Gasteiger partial charge is 0.228 e. The van der Waals surface area contributed by atoms with Crippen LogP contribution in [0.4, 0.5) is 0 Å². The first-order valence-electron chi connectivity index (χ1n) is 5.32. The molecule has 0 bridgehead atoms. The molecule has 0 unspecified atom stereocenters. The Morgan fingerprint density at radius 3 is 2.94 bits per heavy atom. The van der Waals surface area contributed by atoms with Crippen molar-refractivity contribution in [2.75, 3.05) is 7.11 Å². The first-order valence-corrected chi connectivity index (χ1v) is 6.40. The normalized spacial score (nSPS) is 10.8. The van der Waals surface area contributed by atoms with Gasteiger partial charge in [0.05, 0.1) is 12.7 Å². The predicted octanol–water partition coefficient (Wildman–Crippen LogP) is 3.50. The Morgan fingerprint density at radius 2 is 2.17 bits per heavy atom. The van der Waals surface area contributed by atoms with Gasteiger partial charge in [-0.15, -0.1) is 0 Å². The van der Waals surface area contributed by atoms with Gasteiger partial charge in [-0.25, -0.2) is 4.98 Å². The number of hydrogen-bond acceptors (Lipinski definition) is 4. The van der Waals surface area contributed by atoms with Gasteiger partial charge in [0.1, 0.15) is 11.3 Å². The molecule has 0 saturated heterocycles.